The number of benzene rings is 2. The van der Waals surface area contributed by atoms with Crippen LogP contribution in [-0.4, -0.2) is 12.7 Å². The van der Waals surface area contributed by atoms with Crippen LogP contribution in [0.4, 0.5) is 10.5 Å². The fourth-order valence-corrected chi connectivity index (χ4v) is 2.38. The van der Waals surface area contributed by atoms with Gasteiger partial charge in [0.15, 0.2) is 0 Å². The number of rotatable bonds is 7. The molecule has 0 saturated heterocycles. The Morgan fingerprint density at radius 2 is 1.78 bits per heavy atom. The lowest BCUT2D eigenvalue weighted by Gasteiger charge is -2.09. The van der Waals surface area contributed by atoms with Crippen LogP contribution in [0.1, 0.15) is 38.2 Å². The van der Waals surface area contributed by atoms with Crippen molar-refractivity contribution in [3.05, 3.63) is 61.0 Å². The van der Waals surface area contributed by atoms with E-state index < -0.39 is 6.09 Å². The molecule has 2 rings (SSSR count). The molecule has 23 heavy (non-hydrogen) atoms. The fraction of sp³-hybridized carbons (Fsp3) is 0.300. The third-order valence-corrected chi connectivity index (χ3v) is 3.60. The smallest absolute Gasteiger partial charge is 0.411 e. The lowest BCUT2D eigenvalue weighted by Crippen LogP contribution is -2.14. The molecule has 0 fully saturated rings. The predicted octanol–water partition coefficient (Wildman–Crippen LogP) is 5.66. The van der Waals surface area contributed by atoms with Crippen LogP contribution in [0.25, 0.3) is 11.1 Å². The maximum atomic E-state index is 11.8. The zero-order chi connectivity index (χ0) is 16.5. The number of hydrogen-bond acceptors (Lipinski definition) is 2. The Kier molecular flexibility index (Phi) is 6.67. The van der Waals surface area contributed by atoms with Gasteiger partial charge in [-0.05, 0) is 42.2 Å². The molecule has 1 amide bonds. The van der Waals surface area contributed by atoms with E-state index in [0.717, 1.165) is 35.2 Å². The minimum Gasteiger partial charge on any atom is -0.449 e. The van der Waals surface area contributed by atoms with Crippen molar-refractivity contribution in [3.8, 4) is 11.1 Å². The average Bonchev–Trinajstić information content (AvgIpc) is 2.55. The summed E-state index contributed by atoms with van der Waals surface area (Å²) in [7, 11) is 0. The summed E-state index contributed by atoms with van der Waals surface area (Å²) >= 11 is 0. The standard InChI is InChI=1S/C20H24NO2/c1-3-4-5-6-13-23-20(22)21-19-12-8-11-18(15-19)17-10-7-9-16(2)14-17/h7-12,14-15H,2-6,13H2,1H3,(H,21,22). The van der Waals surface area contributed by atoms with Crippen LogP contribution in [0.5, 0.6) is 0 Å². The Morgan fingerprint density at radius 1 is 1.04 bits per heavy atom. The molecular weight excluding hydrogens is 286 g/mol. The van der Waals surface area contributed by atoms with Gasteiger partial charge in [0.25, 0.3) is 0 Å². The van der Waals surface area contributed by atoms with E-state index >= 15 is 0 Å². The summed E-state index contributed by atoms with van der Waals surface area (Å²) in [6, 6.07) is 15.7. The second-order valence-corrected chi connectivity index (χ2v) is 5.60. The molecular formula is C20H24NO2. The Morgan fingerprint density at radius 3 is 2.52 bits per heavy atom. The number of unbranched alkanes of at least 4 members (excludes halogenated alkanes) is 3. The van der Waals surface area contributed by atoms with Crippen molar-refractivity contribution < 1.29 is 9.53 Å². The first-order chi connectivity index (χ1) is 11.2. The summed E-state index contributed by atoms with van der Waals surface area (Å²) in [5.41, 5.74) is 3.81. The van der Waals surface area contributed by atoms with Crippen LogP contribution in [0.2, 0.25) is 0 Å². The first-order valence-corrected chi connectivity index (χ1v) is 8.15. The Labute approximate surface area is 138 Å². The van der Waals surface area contributed by atoms with Crippen LogP contribution < -0.4 is 5.32 Å². The van der Waals surface area contributed by atoms with Crippen molar-refractivity contribution in [1.82, 2.24) is 0 Å². The normalized spacial score (nSPS) is 10.3. The molecule has 0 aromatic heterocycles. The van der Waals surface area contributed by atoms with E-state index in [1.807, 2.05) is 48.5 Å². The van der Waals surface area contributed by atoms with Gasteiger partial charge in [0.05, 0.1) is 6.61 Å². The molecule has 121 valence electrons. The second-order valence-electron chi connectivity index (χ2n) is 5.60. The summed E-state index contributed by atoms with van der Waals surface area (Å²) in [6.07, 6.45) is 3.97. The molecule has 0 aliphatic rings. The molecule has 2 aromatic rings. The van der Waals surface area contributed by atoms with Gasteiger partial charge in [-0.2, -0.15) is 0 Å². The lowest BCUT2D eigenvalue weighted by molar-refractivity contribution is 0.159. The molecule has 0 spiro atoms. The maximum absolute atomic E-state index is 11.8. The topological polar surface area (TPSA) is 38.3 Å². The van der Waals surface area contributed by atoms with Gasteiger partial charge in [-0.25, -0.2) is 4.79 Å². The van der Waals surface area contributed by atoms with Gasteiger partial charge in [0.1, 0.15) is 0 Å². The predicted molar refractivity (Wildman–Crippen MR) is 95.4 cm³/mol. The number of amides is 1. The molecule has 1 N–H and O–H groups in total. The van der Waals surface area contributed by atoms with E-state index in [2.05, 4.69) is 19.2 Å². The molecule has 0 aliphatic carbocycles. The number of hydrogen-bond donors (Lipinski definition) is 1. The molecule has 1 radical (unpaired) electrons. The highest BCUT2D eigenvalue weighted by molar-refractivity contribution is 5.86. The van der Waals surface area contributed by atoms with Gasteiger partial charge in [-0.1, -0.05) is 62.6 Å². The Balaban J connectivity index is 1.91. The first kappa shape index (κ1) is 17.1. The van der Waals surface area contributed by atoms with Crippen LogP contribution >= 0.6 is 0 Å². The highest BCUT2D eigenvalue weighted by Crippen LogP contribution is 2.23. The molecule has 0 unspecified atom stereocenters. The van der Waals surface area contributed by atoms with Crippen LogP contribution in [0.15, 0.2) is 48.5 Å². The van der Waals surface area contributed by atoms with Crippen molar-refractivity contribution >= 4 is 11.8 Å². The quantitative estimate of drug-likeness (QED) is 0.670. The minimum absolute atomic E-state index is 0.399. The maximum Gasteiger partial charge on any atom is 0.411 e. The van der Waals surface area contributed by atoms with Gasteiger partial charge in [0.2, 0.25) is 0 Å². The Bertz CT molecular complexity index is 637. The highest BCUT2D eigenvalue weighted by atomic mass is 16.5. The summed E-state index contributed by atoms with van der Waals surface area (Å²) in [5.74, 6) is 0. The number of anilines is 1. The summed E-state index contributed by atoms with van der Waals surface area (Å²) in [4.78, 5) is 11.8. The molecule has 3 nitrogen and oxygen atoms in total. The van der Waals surface area contributed by atoms with Gasteiger partial charge in [-0.3, -0.25) is 5.32 Å². The van der Waals surface area contributed by atoms with Crippen molar-refractivity contribution in [2.75, 3.05) is 11.9 Å². The van der Waals surface area contributed by atoms with E-state index in [4.69, 9.17) is 4.74 Å². The van der Waals surface area contributed by atoms with E-state index in [9.17, 15) is 4.79 Å². The second kappa shape index (κ2) is 8.99. The minimum atomic E-state index is -0.399. The average molecular weight is 310 g/mol. The number of nitrogens with one attached hydrogen (secondary N) is 1. The third kappa shape index (κ3) is 5.78. The monoisotopic (exact) mass is 310 g/mol. The van der Waals surface area contributed by atoms with Crippen molar-refractivity contribution in [3.63, 3.8) is 0 Å². The van der Waals surface area contributed by atoms with Crippen LogP contribution in [0, 0.1) is 6.92 Å². The molecule has 0 saturated carbocycles. The van der Waals surface area contributed by atoms with Crippen LogP contribution in [-0.2, 0) is 4.74 Å². The molecule has 0 heterocycles. The van der Waals surface area contributed by atoms with Gasteiger partial charge in [0, 0.05) is 5.69 Å². The van der Waals surface area contributed by atoms with Crippen molar-refractivity contribution in [2.45, 2.75) is 32.6 Å². The van der Waals surface area contributed by atoms with Crippen molar-refractivity contribution in [2.24, 2.45) is 0 Å². The van der Waals surface area contributed by atoms with E-state index in [0.29, 0.717) is 6.61 Å². The van der Waals surface area contributed by atoms with Crippen molar-refractivity contribution in [1.29, 1.82) is 0 Å². The summed E-state index contributed by atoms with van der Waals surface area (Å²) in [6.45, 7) is 6.57. The zero-order valence-electron chi connectivity index (χ0n) is 13.7. The lowest BCUT2D eigenvalue weighted by atomic mass is 10.0. The SMILES string of the molecule is [CH2]c1cccc(-c2cccc(NC(=O)OCCCCCC)c2)c1. The number of carbonyl (C=O) groups is 1. The fourth-order valence-electron chi connectivity index (χ4n) is 2.38. The van der Waals surface area contributed by atoms with Gasteiger partial charge < -0.3 is 4.74 Å². The Hall–Kier alpha value is -2.29. The van der Waals surface area contributed by atoms with Gasteiger partial charge in [-0.15, -0.1) is 0 Å². The molecule has 0 aliphatic heterocycles. The largest absolute Gasteiger partial charge is 0.449 e. The zero-order valence-corrected chi connectivity index (χ0v) is 13.7. The first-order valence-electron chi connectivity index (χ1n) is 8.15. The van der Waals surface area contributed by atoms with Crippen LogP contribution in [0.3, 0.4) is 0 Å². The summed E-state index contributed by atoms with van der Waals surface area (Å²) < 4.78 is 5.20. The molecule has 3 heteroatoms. The van der Waals surface area contributed by atoms with E-state index in [-0.39, 0.29) is 0 Å². The number of carbonyl (C=O) groups excluding carboxylic acids is 1. The molecule has 0 atom stereocenters. The summed E-state index contributed by atoms with van der Waals surface area (Å²) in [5, 5.41) is 2.78. The molecule has 0 bridgehead atoms. The van der Waals surface area contributed by atoms with E-state index in [1.165, 1.54) is 12.8 Å². The highest BCUT2D eigenvalue weighted by Gasteiger charge is 2.05. The molecule has 2 aromatic carbocycles. The third-order valence-electron chi connectivity index (χ3n) is 3.60. The van der Waals surface area contributed by atoms with E-state index in [1.54, 1.807) is 0 Å². The number of ether oxygens (including phenoxy) is 1. The van der Waals surface area contributed by atoms with Gasteiger partial charge >= 0.3 is 6.09 Å².